The maximum Gasteiger partial charge on any atom is 0.274 e. The third kappa shape index (κ3) is 4.51. The number of hydrogen-bond acceptors (Lipinski definition) is 6. The van der Waals surface area contributed by atoms with Crippen LogP contribution in [0, 0.1) is 5.92 Å². The average molecular weight is 419 g/mol. The van der Waals surface area contributed by atoms with Crippen LogP contribution in [0.5, 0.6) is 11.5 Å². The van der Waals surface area contributed by atoms with Crippen molar-refractivity contribution in [1.82, 2.24) is 15.4 Å². The van der Waals surface area contributed by atoms with Crippen LogP contribution in [0.3, 0.4) is 0 Å². The van der Waals surface area contributed by atoms with E-state index in [4.69, 9.17) is 19.7 Å². The molecule has 2 aromatic carbocycles. The van der Waals surface area contributed by atoms with E-state index in [0.717, 1.165) is 54.1 Å². The van der Waals surface area contributed by atoms with Crippen molar-refractivity contribution in [2.24, 2.45) is 5.92 Å². The van der Waals surface area contributed by atoms with Crippen molar-refractivity contribution in [3.05, 3.63) is 71.2 Å². The van der Waals surface area contributed by atoms with Gasteiger partial charge < -0.3 is 9.47 Å². The minimum absolute atomic E-state index is 0.382. The summed E-state index contributed by atoms with van der Waals surface area (Å²) in [5, 5.41) is 8.89. The van der Waals surface area contributed by atoms with Crippen LogP contribution >= 0.6 is 0 Å². The summed E-state index contributed by atoms with van der Waals surface area (Å²) in [5.74, 6) is 2.10. The number of hydroxylamine groups is 1. The number of aryl methyl sites for hydroxylation is 1. The molecule has 160 valence electrons. The first-order valence-corrected chi connectivity index (χ1v) is 10.2. The van der Waals surface area contributed by atoms with Crippen LogP contribution in [0.15, 0.2) is 48.7 Å². The maximum atomic E-state index is 11.7. The SMILES string of the molecule is COc1ccc(-c2ccnc(CC3CCc4ccc(C(=O)NO)cc4C3)n2)c(OC)c1. The number of nitrogens with one attached hydrogen (secondary N) is 1. The Hall–Kier alpha value is -3.45. The van der Waals surface area contributed by atoms with E-state index >= 15 is 0 Å². The van der Waals surface area contributed by atoms with Crippen molar-refractivity contribution in [3.8, 4) is 22.8 Å². The number of carbonyl (C=O) groups is 1. The molecule has 4 rings (SSSR count). The van der Waals surface area contributed by atoms with Crippen molar-refractivity contribution in [2.45, 2.75) is 25.7 Å². The van der Waals surface area contributed by atoms with E-state index in [-0.39, 0.29) is 0 Å². The number of nitrogens with zero attached hydrogens (tertiary/aromatic N) is 2. The summed E-state index contributed by atoms with van der Waals surface area (Å²) in [7, 11) is 3.25. The van der Waals surface area contributed by atoms with E-state index in [1.165, 1.54) is 5.56 Å². The Morgan fingerprint density at radius 1 is 1.13 bits per heavy atom. The zero-order valence-electron chi connectivity index (χ0n) is 17.6. The molecule has 0 bridgehead atoms. The third-order valence-electron chi connectivity index (χ3n) is 5.76. The number of carbonyl (C=O) groups excluding carboxylic acids is 1. The van der Waals surface area contributed by atoms with Gasteiger partial charge in [0.2, 0.25) is 0 Å². The Bertz CT molecular complexity index is 1100. The minimum atomic E-state index is -0.491. The lowest BCUT2D eigenvalue weighted by molar-refractivity contribution is 0.0706. The van der Waals surface area contributed by atoms with E-state index in [1.807, 2.05) is 36.4 Å². The molecular formula is C24H25N3O4. The molecule has 3 aromatic rings. The molecule has 0 saturated heterocycles. The summed E-state index contributed by atoms with van der Waals surface area (Å²) in [5.41, 5.74) is 6.26. The zero-order valence-corrected chi connectivity index (χ0v) is 17.6. The summed E-state index contributed by atoms with van der Waals surface area (Å²) in [6.45, 7) is 0. The van der Waals surface area contributed by atoms with Crippen LogP contribution in [-0.4, -0.2) is 35.3 Å². The fraction of sp³-hybridized carbons (Fsp3) is 0.292. The van der Waals surface area contributed by atoms with E-state index in [0.29, 0.717) is 17.2 Å². The Morgan fingerprint density at radius 2 is 2.00 bits per heavy atom. The molecule has 0 spiro atoms. The second-order valence-electron chi connectivity index (χ2n) is 7.66. The van der Waals surface area contributed by atoms with E-state index < -0.39 is 5.91 Å². The predicted octanol–water partition coefficient (Wildman–Crippen LogP) is 3.63. The highest BCUT2D eigenvalue weighted by Crippen LogP contribution is 2.33. The van der Waals surface area contributed by atoms with Crippen LogP contribution in [-0.2, 0) is 19.3 Å². The normalized spacial score (nSPS) is 15.1. The molecule has 1 atom stereocenters. The van der Waals surface area contributed by atoms with Gasteiger partial charge in [-0.2, -0.15) is 0 Å². The molecule has 1 aliphatic carbocycles. The van der Waals surface area contributed by atoms with Crippen LogP contribution in [0.25, 0.3) is 11.3 Å². The maximum absolute atomic E-state index is 11.7. The molecule has 7 heteroatoms. The van der Waals surface area contributed by atoms with Crippen LogP contribution < -0.4 is 15.0 Å². The first kappa shape index (κ1) is 20.8. The number of rotatable bonds is 6. The van der Waals surface area contributed by atoms with Gasteiger partial charge in [-0.25, -0.2) is 15.4 Å². The van der Waals surface area contributed by atoms with Gasteiger partial charge in [0.05, 0.1) is 19.9 Å². The third-order valence-corrected chi connectivity index (χ3v) is 5.76. The molecule has 1 amide bonds. The summed E-state index contributed by atoms with van der Waals surface area (Å²) in [6, 6.07) is 13.1. The zero-order chi connectivity index (χ0) is 21.8. The van der Waals surface area contributed by atoms with Crippen molar-refractivity contribution >= 4 is 5.91 Å². The summed E-state index contributed by atoms with van der Waals surface area (Å²) in [4.78, 5) is 21.0. The molecule has 2 N–H and O–H groups in total. The van der Waals surface area contributed by atoms with Gasteiger partial charge in [-0.05, 0) is 66.6 Å². The largest absolute Gasteiger partial charge is 0.497 e. The minimum Gasteiger partial charge on any atom is -0.497 e. The first-order valence-electron chi connectivity index (χ1n) is 10.2. The van der Waals surface area contributed by atoms with Crippen LogP contribution in [0.4, 0.5) is 0 Å². The number of amides is 1. The number of ether oxygens (including phenoxy) is 2. The van der Waals surface area contributed by atoms with Gasteiger partial charge in [-0.1, -0.05) is 6.07 Å². The molecule has 1 aliphatic rings. The van der Waals surface area contributed by atoms with Crippen molar-refractivity contribution in [3.63, 3.8) is 0 Å². The molecule has 1 aromatic heterocycles. The van der Waals surface area contributed by atoms with E-state index in [9.17, 15) is 4.79 Å². The summed E-state index contributed by atoms with van der Waals surface area (Å²) < 4.78 is 10.8. The summed E-state index contributed by atoms with van der Waals surface area (Å²) in [6.07, 6.45) is 5.37. The Labute approximate surface area is 181 Å². The topological polar surface area (TPSA) is 93.6 Å². The molecule has 31 heavy (non-hydrogen) atoms. The van der Waals surface area contributed by atoms with E-state index in [1.54, 1.807) is 32.0 Å². The average Bonchev–Trinajstić information content (AvgIpc) is 2.82. The molecule has 0 fully saturated rings. The quantitative estimate of drug-likeness (QED) is 0.468. The number of benzene rings is 2. The monoisotopic (exact) mass is 419 g/mol. The Kier molecular flexibility index (Phi) is 6.13. The molecule has 1 unspecified atom stereocenters. The highest BCUT2D eigenvalue weighted by Gasteiger charge is 2.21. The molecule has 0 radical (unpaired) electrons. The highest BCUT2D eigenvalue weighted by atomic mass is 16.5. The van der Waals surface area contributed by atoms with Gasteiger partial charge in [0.1, 0.15) is 17.3 Å². The van der Waals surface area contributed by atoms with Crippen LogP contribution in [0.1, 0.15) is 33.7 Å². The van der Waals surface area contributed by atoms with Crippen molar-refractivity contribution < 1.29 is 19.5 Å². The fourth-order valence-corrected chi connectivity index (χ4v) is 4.13. The van der Waals surface area contributed by atoms with Crippen LogP contribution in [0.2, 0.25) is 0 Å². The van der Waals surface area contributed by atoms with Gasteiger partial charge in [0.15, 0.2) is 0 Å². The molecule has 0 saturated carbocycles. The van der Waals surface area contributed by atoms with E-state index in [2.05, 4.69) is 4.98 Å². The van der Waals surface area contributed by atoms with Gasteiger partial charge in [-0.15, -0.1) is 0 Å². The first-order chi connectivity index (χ1) is 15.1. The number of fused-ring (bicyclic) bond motifs is 1. The van der Waals surface area contributed by atoms with Gasteiger partial charge >= 0.3 is 0 Å². The second-order valence-corrected chi connectivity index (χ2v) is 7.66. The van der Waals surface area contributed by atoms with Gasteiger partial charge in [0.25, 0.3) is 5.91 Å². The van der Waals surface area contributed by atoms with Gasteiger partial charge in [-0.3, -0.25) is 10.0 Å². The van der Waals surface area contributed by atoms with Crippen molar-refractivity contribution in [1.29, 1.82) is 0 Å². The molecule has 0 aliphatic heterocycles. The van der Waals surface area contributed by atoms with Gasteiger partial charge in [0, 0.05) is 29.8 Å². The lowest BCUT2D eigenvalue weighted by atomic mass is 9.81. The smallest absolute Gasteiger partial charge is 0.274 e. The Morgan fingerprint density at radius 3 is 2.77 bits per heavy atom. The number of hydrogen-bond donors (Lipinski definition) is 2. The highest BCUT2D eigenvalue weighted by molar-refractivity contribution is 5.93. The second kappa shape index (κ2) is 9.14. The Balaban J connectivity index is 1.53. The molecule has 7 nitrogen and oxygen atoms in total. The fourth-order valence-electron chi connectivity index (χ4n) is 4.13. The summed E-state index contributed by atoms with van der Waals surface area (Å²) >= 11 is 0. The standard InChI is InChI=1S/C24H25N3O4/c1-30-19-7-8-20(22(14-19)31-2)21-9-10-25-23(26-21)12-15-3-4-16-5-6-17(24(28)27-29)13-18(16)11-15/h5-10,13-15,29H,3-4,11-12H2,1-2H3,(H,27,28). The molecular weight excluding hydrogens is 394 g/mol. The lowest BCUT2D eigenvalue weighted by Crippen LogP contribution is -2.21. The van der Waals surface area contributed by atoms with Crippen molar-refractivity contribution in [2.75, 3.05) is 14.2 Å². The molecule has 1 heterocycles. The number of aromatic nitrogens is 2. The predicted molar refractivity (Wildman–Crippen MR) is 115 cm³/mol. The number of methoxy groups -OCH3 is 2. The lowest BCUT2D eigenvalue weighted by Gasteiger charge is -2.24.